The first-order chi connectivity index (χ1) is 15.6. The molecule has 1 aliphatic heterocycles. The number of carbonyl (C=O) groups excluding carboxylic acids is 2. The van der Waals surface area contributed by atoms with E-state index in [2.05, 4.69) is 22.4 Å². The molecule has 1 saturated heterocycles. The first kappa shape index (κ1) is 22.3. The number of aromatic nitrogens is 1. The molecule has 2 aliphatic rings. The monoisotopic (exact) mass is 435 g/mol. The predicted octanol–water partition coefficient (Wildman–Crippen LogP) is 3.50. The zero-order valence-electron chi connectivity index (χ0n) is 18.9. The summed E-state index contributed by atoms with van der Waals surface area (Å²) >= 11 is 0. The molecule has 1 N–H and O–H groups in total. The quantitative estimate of drug-likeness (QED) is 0.689. The summed E-state index contributed by atoms with van der Waals surface area (Å²) in [6.07, 6.45) is 8.07. The molecule has 6 heteroatoms. The van der Waals surface area contributed by atoms with Crippen LogP contribution in [0.15, 0.2) is 48.7 Å². The zero-order chi connectivity index (χ0) is 22.4. The number of methoxy groups -OCH3 is 1. The lowest BCUT2D eigenvalue weighted by molar-refractivity contribution is -0.138. The van der Waals surface area contributed by atoms with Gasteiger partial charge in [0.25, 0.3) is 0 Å². The number of rotatable bonds is 8. The normalized spacial score (nSPS) is 20.2. The summed E-state index contributed by atoms with van der Waals surface area (Å²) < 4.78 is 5.30. The highest BCUT2D eigenvalue weighted by Crippen LogP contribution is 2.41. The highest BCUT2D eigenvalue weighted by atomic mass is 16.5. The minimum Gasteiger partial charge on any atom is -0.497 e. The fourth-order valence-corrected chi connectivity index (χ4v) is 5.10. The molecule has 170 valence electrons. The number of nitrogens with one attached hydrogen (secondary N) is 1. The first-order valence-corrected chi connectivity index (χ1v) is 11.7. The standard InChI is InChI=1S/C26H33N3O3/c1-32-23-10-8-21(9-11-23)26(14-3-4-15-26)19-28-25(31)20-7-12-24(30)29(18-20)17-13-22-6-2-5-16-27-22/h2,5-6,8-11,16,20H,3-4,7,12-15,17-19H2,1H3,(H,28,31). The van der Waals surface area contributed by atoms with Crippen LogP contribution in [0.2, 0.25) is 0 Å². The van der Waals surface area contributed by atoms with Crippen LogP contribution in [-0.4, -0.2) is 48.4 Å². The Morgan fingerprint density at radius 1 is 1.19 bits per heavy atom. The molecule has 2 heterocycles. The smallest absolute Gasteiger partial charge is 0.224 e. The second-order valence-electron chi connectivity index (χ2n) is 9.08. The lowest BCUT2D eigenvalue weighted by Gasteiger charge is -2.34. The largest absolute Gasteiger partial charge is 0.497 e. The van der Waals surface area contributed by atoms with Gasteiger partial charge in [0.1, 0.15) is 5.75 Å². The van der Waals surface area contributed by atoms with Gasteiger partial charge in [0.05, 0.1) is 13.0 Å². The van der Waals surface area contributed by atoms with E-state index in [1.807, 2.05) is 35.2 Å². The summed E-state index contributed by atoms with van der Waals surface area (Å²) in [6, 6.07) is 14.1. The number of piperidine rings is 1. The number of ether oxygens (including phenoxy) is 1. The van der Waals surface area contributed by atoms with E-state index in [0.29, 0.717) is 38.9 Å². The molecular formula is C26H33N3O3. The van der Waals surface area contributed by atoms with Gasteiger partial charge in [0.2, 0.25) is 11.8 Å². The van der Waals surface area contributed by atoms with Crippen molar-refractivity contribution in [2.45, 2.75) is 50.4 Å². The molecule has 2 aromatic rings. The fraction of sp³-hybridized carbons (Fsp3) is 0.500. The Morgan fingerprint density at radius 3 is 2.66 bits per heavy atom. The van der Waals surface area contributed by atoms with Gasteiger partial charge in [-0.1, -0.05) is 31.0 Å². The number of carbonyl (C=O) groups is 2. The molecule has 0 radical (unpaired) electrons. The summed E-state index contributed by atoms with van der Waals surface area (Å²) in [5.41, 5.74) is 2.23. The van der Waals surface area contributed by atoms with Crippen molar-refractivity contribution in [2.24, 2.45) is 5.92 Å². The average Bonchev–Trinajstić information content (AvgIpc) is 3.33. The van der Waals surface area contributed by atoms with Crippen LogP contribution < -0.4 is 10.1 Å². The molecule has 2 fully saturated rings. The van der Waals surface area contributed by atoms with Crippen molar-refractivity contribution in [2.75, 3.05) is 26.7 Å². The SMILES string of the molecule is COc1ccc(C2(CNC(=O)C3CCC(=O)N(CCc4ccccn4)C3)CCCC2)cc1. The summed E-state index contributed by atoms with van der Waals surface area (Å²) in [5, 5.41) is 3.25. The van der Waals surface area contributed by atoms with E-state index in [9.17, 15) is 9.59 Å². The zero-order valence-corrected chi connectivity index (χ0v) is 18.9. The van der Waals surface area contributed by atoms with E-state index in [4.69, 9.17) is 4.74 Å². The van der Waals surface area contributed by atoms with Crippen LogP contribution in [0.5, 0.6) is 5.75 Å². The average molecular weight is 436 g/mol. The van der Waals surface area contributed by atoms with Crippen LogP contribution in [0.1, 0.15) is 49.8 Å². The highest BCUT2D eigenvalue weighted by Gasteiger charge is 2.37. The lowest BCUT2D eigenvalue weighted by Crippen LogP contribution is -2.48. The van der Waals surface area contributed by atoms with E-state index in [0.717, 1.165) is 24.3 Å². The van der Waals surface area contributed by atoms with Crippen molar-refractivity contribution in [3.63, 3.8) is 0 Å². The molecule has 0 bridgehead atoms. The third kappa shape index (κ3) is 5.12. The molecule has 0 spiro atoms. The Balaban J connectivity index is 1.35. The third-order valence-corrected chi connectivity index (χ3v) is 7.10. The van der Waals surface area contributed by atoms with E-state index in [1.165, 1.54) is 18.4 Å². The molecule has 1 saturated carbocycles. The Bertz CT molecular complexity index is 908. The maximum absolute atomic E-state index is 13.1. The molecule has 1 unspecified atom stereocenters. The number of amides is 2. The van der Waals surface area contributed by atoms with Crippen molar-refractivity contribution in [3.8, 4) is 5.75 Å². The molecule has 32 heavy (non-hydrogen) atoms. The van der Waals surface area contributed by atoms with Crippen LogP contribution in [0.3, 0.4) is 0 Å². The van der Waals surface area contributed by atoms with Crippen molar-refractivity contribution < 1.29 is 14.3 Å². The van der Waals surface area contributed by atoms with Crippen LogP contribution in [0.4, 0.5) is 0 Å². The topological polar surface area (TPSA) is 71.5 Å². The van der Waals surface area contributed by atoms with Gasteiger partial charge < -0.3 is 15.0 Å². The second-order valence-corrected chi connectivity index (χ2v) is 9.08. The number of likely N-dealkylation sites (tertiary alicyclic amines) is 1. The molecule has 1 aromatic carbocycles. The molecule has 1 aliphatic carbocycles. The Labute approximate surface area is 190 Å². The van der Waals surface area contributed by atoms with Crippen LogP contribution in [0, 0.1) is 5.92 Å². The van der Waals surface area contributed by atoms with Gasteiger partial charge in [-0.15, -0.1) is 0 Å². The summed E-state index contributed by atoms with van der Waals surface area (Å²) in [5.74, 6) is 0.907. The van der Waals surface area contributed by atoms with Crippen LogP contribution >= 0.6 is 0 Å². The van der Waals surface area contributed by atoms with E-state index in [1.54, 1.807) is 13.3 Å². The summed E-state index contributed by atoms with van der Waals surface area (Å²) in [6.45, 7) is 1.75. The van der Waals surface area contributed by atoms with Gasteiger partial charge in [-0.25, -0.2) is 0 Å². The maximum Gasteiger partial charge on any atom is 0.224 e. The van der Waals surface area contributed by atoms with Gasteiger partial charge in [0.15, 0.2) is 0 Å². The number of hydrogen-bond donors (Lipinski definition) is 1. The van der Waals surface area contributed by atoms with E-state index >= 15 is 0 Å². The van der Waals surface area contributed by atoms with Crippen molar-refractivity contribution in [1.29, 1.82) is 0 Å². The first-order valence-electron chi connectivity index (χ1n) is 11.7. The van der Waals surface area contributed by atoms with Gasteiger partial charge in [-0.3, -0.25) is 14.6 Å². The third-order valence-electron chi connectivity index (χ3n) is 7.10. The number of benzene rings is 1. The Kier molecular flexibility index (Phi) is 7.08. The minimum atomic E-state index is -0.147. The number of nitrogens with zero attached hydrogens (tertiary/aromatic N) is 2. The van der Waals surface area contributed by atoms with Gasteiger partial charge >= 0.3 is 0 Å². The van der Waals surface area contributed by atoms with Crippen molar-refractivity contribution in [3.05, 3.63) is 59.9 Å². The lowest BCUT2D eigenvalue weighted by atomic mass is 9.78. The molecule has 2 amide bonds. The molecule has 1 aromatic heterocycles. The summed E-state index contributed by atoms with van der Waals surface area (Å²) in [7, 11) is 1.68. The molecule has 1 atom stereocenters. The van der Waals surface area contributed by atoms with Crippen LogP contribution in [-0.2, 0) is 21.4 Å². The molecular weight excluding hydrogens is 402 g/mol. The van der Waals surface area contributed by atoms with Gasteiger partial charge in [0, 0.05) is 49.8 Å². The maximum atomic E-state index is 13.1. The number of hydrogen-bond acceptors (Lipinski definition) is 4. The molecule has 6 nitrogen and oxygen atoms in total. The second kappa shape index (κ2) is 10.2. The fourth-order valence-electron chi connectivity index (χ4n) is 5.10. The number of pyridine rings is 1. The van der Waals surface area contributed by atoms with Gasteiger partial charge in [-0.2, -0.15) is 0 Å². The Morgan fingerprint density at radius 2 is 1.97 bits per heavy atom. The van der Waals surface area contributed by atoms with E-state index < -0.39 is 0 Å². The highest BCUT2D eigenvalue weighted by molar-refractivity contribution is 5.83. The van der Waals surface area contributed by atoms with Crippen molar-refractivity contribution >= 4 is 11.8 Å². The van der Waals surface area contributed by atoms with Crippen molar-refractivity contribution in [1.82, 2.24) is 15.2 Å². The van der Waals surface area contributed by atoms with E-state index in [-0.39, 0.29) is 23.1 Å². The van der Waals surface area contributed by atoms with Gasteiger partial charge in [-0.05, 0) is 49.1 Å². The Hall–Kier alpha value is -2.89. The predicted molar refractivity (Wildman–Crippen MR) is 123 cm³/mol. The summed E-state index contributed by atoms with van der Waals surface area (Å²) in [4.78, 5) is 31.6. The minimum absolute atomic E-state index is 0.00885. The van der Waals surface area contributed by atoms with Crippen LogP contribution in [0.25, 0.3) is 0 Å². The molecule has 4 rings (SSSR count).